The highest BCUT2D eigenvalue weighted by Crippen LogP contribution is 2.25. The second kappa shape index (κ2) is 8.08. The van der Waals surface area contributed by atoms with Crippen LogP contribution >= 0.6 is 11.8 Å². The second-order valence-electron chi connectivity index (χ2n) is 6.55. The molecule has 0 aliphatic rings. The molecule has 3 heterocycles. The maximum atomic E-state index is 12.9. The van der Waals surface area contributed by atoms with Gasteiger partial charge in [-0.15, -0.1) is 11.8 Å². The first-order valence-corrected chi connectivity index (χ1v) is 10.5. The standard InChI is InChI=1S/C21H21N5O2S/c1-13-18(21(29-3)25-19(23-13)17-9-6-12-28-17)20(27)22-10-11-26-14(2)24-15-7-4-5-8-16(15)26/h4-9,12H,10-11H2,1-3H3,(H,22,27). The fourth-order valence-electron chi connectivity index (χ4n) is 3.32. The summed E-state index contributed by atoms with van der Waals surface area (Å²) in [6.07, 6.45) is 3.47. The van der Waals surface area contributed by atoms with Gasteiger partial charge in [-0.1, -0.05) is 12.1 Å². The van der Waals surface area contributed by atoms with E-state index in [4.69, 9.17) is 4.42 Å². The Morgan fingerprint density at radius 1 is 1.14 bits per heavy atom. The number of benzene rings is 1. The molecule has 148 valence electrons. The molecule has 0 bridgehead atoms. The van der Waals surface area contributed by atoms with Crippen molar-refractivity contribution >= 4 is 28.7 Å². The van der Waals surface area contributed by atoms with E-state index in [2.05, 4.69) is 24.8 Å². The molecular weight excluding hydrogens is 386 g/mol. The summed E-state index contributed by atoms with van der Waals surface area (Å²) >= 11 is 1.42. The number of hydrogen-bond donors (Lipinski definition) is 1. The Labute approximate surface area is 172 Å². The maximum Gasteiger partial charge on any atom is 0.255 e. The van der Waals surface area contributed by atoms with Crippen LogP contribution in [-0.4, -0.2) is 38.2 Å². The minimum absolute atomic E-state index is 0.181. The first-order valence-electron chi connectivity index (χ1n) is 9.25. The highest BCUT2D eigenvalue weighted by atomic mass is 32.2. The number of para-hydroxylation sites is 2. The number of thioether (sulfide) groups is 1. The number of aromatic nitrogens is 4. The average Bonchev–Trinajstić information content (AvgIpc) is 3.35. The van der Waals surface area contributed by atoms with Crippen molar-refractivity contribution in [2.45, 2.75) is 25.4 Å². The Morgan fingerprint density at radius 3 is 2.72 bits per heavy atom. The van der Waals surface area contributed by atoms with Crippen molar-refractivity contribution in [3.8, 4) is 11.6 Å². The Balaban J connectivity index is 1.52. The smallest absolute Gasteiger partial charge is 0.255 e. The van der Waals surface area contributed by atoms with E-state index in [1.165, 1.54) is 11.8 Å². The van der Waals surface area contributed by atoms with E-state index >= 15 is 0 Å². The van der Waals surface area contributed by atoms with Crippen LogP contribution in [0.4, 0.5) is 0 Å². The predicted octanol–water partition coefficient (Wildman–Crippen LogP) is 3.86. The van der Waals surface area contributed by atoms with Crippen molar-refractivity contribution in [3.05, 3.63) is 59.7 Å². The number of furan rings is 1. The molecule has 4 aromatic rings. The van der Waals surface area contributed by atoms with Crippen molar-refractivity contribution in [1.82, 2.24) is 24.8 Å². The van der Waals surface area contributed by atoms with Crippen LogP contribution in [0.25, 0.3) is 22.6 Å². The molecule has 1 amide bonds. The maximum absolute atomic E-state index is 12.9. The second-order valence-corrected chi connectivity index (χ2v) is 7.34. The van der Waals surface area contributed by atoms with Crippen LogP contribution in [0.15, 0.2) is 52.1 Å². The topological polar surface area (TPSA) is 85.8 Å². The number of amides is 1. The van der Waals surface area contributed by atoms with Gasteiger partial charge in [0.1, 0.15) is 10.9 Å². The lowest BCUT2D eigenvalue weighted by atomic mass is 10.2. The van der Waals surface area contributed by atoms with E-state index in [9.17, 15) is 4.79 Å². The van der Waals surface area contributed by atoms with Crippen molar-refractivity contribution in [1.29, 1.82) is 0 Å². The lowest BCUT2D eigenvalue weighted by Gasteiger charge is -2.12. The molecule has 0 radical (unpaired) electrons. The summed E-state index contributed by atoms with van der Waals surface area (Å²) in [6.45, 7) is 4.90. The van der Waals surface area contributed by atoms with E-state index in [0.717, 1.165) is 16.9 Å². The van der Waals surface area contributed by atoms with Crippen LogP contribution in [0.2, 0.25) is 0 Å². The van der Waals surface area contributed by atoms with Gasteiger partial charge < -0.3 is 14.3 Å². The summed E-state index contributed by atoms with van der Waals surface area (Å²) in [4.78, 5) is 26.4. The molecule has 0 fully saturated rings. The number of nitrogens with one attached hydrogen (secondary N) is 1. The zero-order valence-electron chi connectivity index (χ0n) is 16.5. The Hall–Kier alpha value is -3.13. The van der Waals surface area contributed by atoms with Gasteiger partial charge in [0.15, 0.2) is 11.6 Å². The van der Waals surface area contributed by atoms with Crippen LogP contribution in [0.3, 0.4) is 0 Å². The third-order valence-corrected chi connectivity index (χ3v) is 5.37. The minimum Gasteiger partial charge on any atom is -0.461 e. The third-order valence-electron chi connectivity index (χ3n) is 4.69. The molecule has 1 aromatic carbocycles. The van der Waals surface area contributed by atoms with Gasteiger partial charge in [-0.05, 0) is 44.4 Å². The molecule has 0 spiro atoms. The predicted molar refractivity (Wildman–Crippen MR) is 113 cm³/mol. The van der Waals surface area contributed by atoms with Crippen molar-refractivity contribution in [2.75, 3.05) is 12.8 Å². The van der Waals surface area contributed by atoms with Gasteiger partial charge in [-0.2, -0.15) is 0 Å². The van der Waals surface area contributed by atoms with Crippen molar-refractivity contribution < 1.29 is 9.21 Å². The largest absolute Gasteiger partial charge is 0.461 e. The molecule has 0 saturated carbocycles. The van der Waals surface area contributed by atoms with Crippen LogP contribution in [0.5, 0.6) is 0 Å². The first-order chi connectivity index (χ1) is 14.1. The average molecular weight is 407 g/mol. The molecule has 0 unspecified atom stereocenters. The quantitative estimate of drug-likeness (QED) is 0.386. The van der Waals surface area contributed by atoms with Gasteiger partial charge in [-0.3, -0.25) is 4.79 Å². The molecule has 0 aliphatic heterocycles. The Morgan fingerprint density at radius 2 is 1.97 bits per heavy atom. The van der Waals surface area contributed by atoms with Crippen molar-refractivity contribution in [2.24, 2.45) is 0 Å². The molecule has 3 aromatic heterocycles. The summed E-state index contributed by atoms with van der Waals surface area (Å²) in [5.41, 5.74) is 3.14. The number of hydrogen-bond acceptors (Lipinski definition) is 6. The lowest BCUT2D eigenvalue weighted by molar-refractivity contribution is 0.0947. The van der Waals surface area contributed by atoms with E-state index in [0.29, 0.717) is 41.0 Å². The number of carbonyl (C=O) groups is 1. The Kier molecular flexibility index (Phi) is 5.35. The van der Waals surface area contributed by atoms with Gasteiger partial charge in [0.25, 0.3) is 5.91 Å². The molecule has 4 rings (SSSR count). The van der Waals surface area contributed by atoms with Crippen LogP contribution in [0.1, 0.15) is 21.9 Å². The van der Waals surface area contributed by atoms with Gasteiger partial charge in [0.2, 0.25) is 0 Å². The number of imidazole rings is 1. The third kappa shape index (κ3) is 3.75. The van der Waals surface area contributed by atoms with Gasteiger partial charge >= 0.3 is 0 Å². The summed E-state index contributed by atoms with van der Waals surface area (Å²) in [5, 5.41) is 3.62. The molecule has 1 N–H and O–H groups in total. The molecule has 29 heavy (non-hydrogen) atoms. The van der Waals surface area contributed by atoms with Crippen molar-refractivity contribution in [3.63, 3.8) is 0 Å². The SMILES string of the molecule is CSc1nc(-c2ccco2)nc(C)c1C(=O)NCCn1c(C)nc2ccccc21. The molecule has 0 atom stereocenters. The van der Waals surface area contributed by atoms with Crippen LogP contribution in [0, 0.1) is 13.8 Å². The summed E-state index contributed by atoms with van der Waals surface area (Å²) in [5.74, 6) is 1.80. The van der Waals surface area contributed by atoms with Gasteiger partial charge in [0.05, 0.1) is 28.6 Å². The zero-order chi connectivity index (χ0) is 20.4. The molecular formula is C21H21N5O2S. The van der Waals surface area contributed by atoms with Crippen LogP contribution in [-0.2, 0) is 6.54 Å². The number of fused-ring (bicyclic) bond motifs is 1. The molecule has 7 nitrogen and oxygen atoms in total. The fourth-order valence-corrected chi connectivity index (χ4v) is 3.94. The number of rotatable bonds is 6. The summed E-state index contributed by atoms with van der Waals surface area (Å²) in [7, 11) is 0. The van der Waals surface area contributed by atoms with Gasteiger partial charge in [0, 0.05) is 13.1 Å². The van der Waals surface area contributed by atoms with E-state index in [1.807, 2.05) is 44.4 Å². The highest BCUT2D eigenvalue weighted by Gasteiger charge is 2.19. The highest BCUT2D eigenvalue weighted by molar-refractivity contribution is 7.98. The number of nitrogens with zero attached hydrogens (tertiary/aromatic N) is 4. The molecule has 8 heteroatoms. The van der Waals surface area contributed by atoms with Gasteiger partial charge in [-0.25, -0.2) is 15.0 Å². The minimum atomic E-state index is -0.181. The molecule has 0 aliphatic carbocycles. The summed E-state index contributed by atoms with van der Waals surface area (Å²) < 4.78 is 7.49. The van der Waals surface area contributed by atoms with E-state index < -0.39 is 0 Å². The fraction of sp³-hybridized carbons (Fsp3) is 0.238. The lowest BCUT2D eigenvalue weighted by Crippen LogP contribution is -2.29. The molecule has 0 saturated heterocycles. The Bertz CT molecular complexity index is 1170. The summed E-state index contributed by atoms with van der Waals surface area (Å²) in [6, 6.07) is 11.6. The zero-order valence-corrected chi connectivity index (χ0v) is 17.3. The van der Waals surface area contributed by atoms with Crippen LogP contribution < -0.4 is 5.32 Å². The first kappa shape index (κ1) is 19.2. The normalized spacial score (nSPS) is 11.1. The van der Waals surface area contributed by atoms with E-state index in [1.54, 1.807) is 18.4 Å². The number of aryl methyl sites for hydroxylation is 2. The van der Waals surface area contributed by atoms with E-state index in [-0.39, 0.29) is 5.91 Å². The monoisotopic (exact) mass is 407 g/mol. The number of carbonyl (C=O) groups excluding carboxylic acids is 1.